The Bertz CT molecular complexity index is 958. The van der Waals surface area contributed by atoms with Gasteiger partial charge >= 0.3 is 5.97 Å². The van der Waals surface area contributed by atoms with Gasteiger partial charge in [-0.05, 0) is 61.3 Å². The van der Waals surface area contributed by atoms with Crippen molar-refractivity contribution in [3.8, 4) is 5.75 Å². The van der Waals surface area contributed by atoms with Crippen molar-refractivity contribution < 1.29 is 34.2 Å². The zero-order valence-electron chi connectivity index (χ0n) is 21.9. The molecule has 13 heteroatoms. The standard InChI is InChI=1S/C25H39N5O7S/c1-14(2)12-20(24(35)29-19(25(36)37)10-11-38-3)30-23(34)18(8-9-21(27)32)28-22(33)17(26)13-15-4-6-16(31)7-5-15/h4-7,14,17-20,31H,8-13,26H2,1-3H3,(H2,27,32)(H,28,33)(H,29,35)(H,30,34)(H,36,37). The van der Waals surface area contributed by atoms with Crippen molar-refractivity contribution in [3.63, 3.8) is 0 Å². The number of nitrogens with two attached hydrogens (primary N) is 2. The Balaban J connectivity index is 2.99. The number of carboxylic acid groups (broad SMARTS) is 1. The summed E-state index contributed by atoms with van der Waals surface area (Å²) in [7, 11) is 0. The molecule has 1 rings (SSSR count). The molecule has 12 nitrogen and oxygen atoms in total. The molecule has 4 unspecified atom stereocenters. The molecule has 0 fully saturated rings. The van der Waals surface area contributed by atoms with Gasteiger partial charge in [-0.15, -0.1) is 0 Å². The number of carbonyl (C=O) groups is 5. The fourth-order valence-electron chi connectivity index (χ4n) is 3.55. The molecule has 0 aliphatic rings. The van der Waals surface area contributed by atoms with E-state index in [1.807, 2.05) is 20.1 Å². The highest BCUT2D eigenvalue weighted by Gasteiger charge is 2.31. The summed E-state index contributed by atoms with van der Waals surface area (Å²) in [6.45, 7) is 3.67. The SMILES string of the molecule is CSCCC(NC(=O)C(CC(C)C)NC(=O)C(CCC(N)=O)NC(=O)C(N)Cc1ccc(O)cc1)C(=O)O. The lowest BCUT2D eigenvalue weighted by molar-refractivity contribution is -0.142. The van der Waals surface area contributed by atoms with Gasteiger partial charge in [0, 0.05) is 6.42 Å². The minimum absolute atomic E-state index is 0.0297. The number of aromatic hydroxyl groups is 1. The number of hydrogen-bond donors (Lipinski definition) is 7. The molecule has 0 aromatic heterocycles. The van der Waals surface area contributed by atoms with Gasteiger partial charge in [0.2, 0.25) is 23.6 Å². The van der Waals surface area contributed by atoms with Gasteiger partial charge in [-0.2, -0.15) is 11.8 Å². The quantitative estimate of drug-likeness (QED) is 0.137. The average molecular weight is 554 g/mol. The molecule has 9 N–H and O–H groups in total. The van der Waals surface area contributed by atoms with Crippen molar-refractivity contribution in [3.05, 3.63) is 29.8 Å². The van der Waals surface area contributed by atoms with Gasteiger partial charge in [0.1, 0.15) is 23.9 Å². The van der Waals surface area contributed by atoms with Crippen LogP contribution in [0.25, 0.3) is 0 Å². The topological polar surface area (TPSA) is 214 Å². The number of hydrogen-bond acceptors (Lipinski definition) is 8. The molecule has 4 atom stereocenters. The summed E-state index contributed by atoms with van der Waals surface area (Å²) in [5.74, 6) is -3.36. The van der Waals surface area contributed by atoms with Crippen molar-refractivity contribution in [1.82, 2.24) is 16.0 Å². The molecule has 0 aliphatic carbocycles. The monoisotopic (exact) mass is 553 g/mol. The van der Waals surface area contributed by atoms with Gasteiger partial charge in [-0.3, -0.25) is 19.2 Å². The molecule has 1 aromatic rings. The normalized spacial score (nSPS) is 14.1. The molecule has 4 amide bonds. The van der Waals surface area contributed by atoms with Crippen LogP contribution in [-0.2, 0) is 30.4 Å². The number of thioether (sulfide) groups is 1. The predicted octanol–water partition coefficient (Wildman–Crippen LogP) is -0.134. The van der Waals surface area contributed by atoms with Crippen molar-refractivity contribution in [2.24, 2.45) is 17.4 Å². The van der Waals surface area contributed by atoms with Gasteiger partial charge in [0.25, 0.3) is 0 Å². The Morgan fingerprint density at radius 2 is 1.45 bits per heavy atom. The predicted molar refractivity (Wildman–Crippen MR) is 144 cm³/mol. The van der Waals surface area contributed by atoms with E-state index in [0.717, 1.165) is 0 Å². The molecule has 212 valence electrons. The van der Waals surface area contributed by atoms with E-state index in [0.29, 0.717) is 11.3 Å². The maximum Gasteiger partial charge on any atom is 0.326 e. The Kier molecular flexibility index (Phi) is 14.2. The molecule has 38 heavy (non-hydrogen) atoms. The van der Waals surface area contributed by atoms with Crippen LogP contribution < -0.4 is 27.4 Å². The third-order valence-corrected chi connectivity index (χ3v) is 6.25. The van der Waals surface area contributed by atoms with Crippen LogP contribution >= 0.6 is 11.8 Å². The first-order valence-corrected chi connectivity index (χ1v) is 13.7. The number of phenolic OH excluding ortho intramolecular Hbond substituents is 1. The molecule has 0 heterocycles. The van der Waals surface area contributed by atoms with Gasteiger partial charge in [-0.25, -0.2) is 4.79 Å². The van der Waals surface area contributed by atoms with E-state index in [-0.39, 0.29) is 43.8 Å². The van der Waals surface area contributed by atoms with E-state index in [2.05, 4.69) is 16.0 Å². The Hall–Kier alpha value is -3.32. The molecule has 0 saturated heterocycles. The van der Waals surface area contributed by atoms with E-state index in [1.165, 1.54) is 23.9 Å². The second-order valence-electron chi connectivity index (χ2n) is 9.41. The highest BCUT2D eigenvalue weighted by molar-refractivity contribution is 7.98. The number of aliphatic carboxylic acids is 1. The van der Waals surface area contributed by atoms with Crippen molar-refractivity contribution in [2.75, 3.05) is 12.0 Å². The van der Waals surface area contributed by atoms with Crippen LogP contribution in [0.5, 0.6) is 5.75 Å². The van der Waals surface area contributed by atoms with Crippen LogP contribution in [0.3, 0.4) is 0 Å². The fourth-order valence-corrected chi connectivity index (χ4v) is 4.02. The summed E-state index contributed by atoms with van der Waals surface area (Å²) in [5.41, 5.74) is 11.9. The number of amides is 4. The van der Waals surface area contributed by atoms with Crippen LogP contribution in [0, 0.1) is 5.92 Å². The van der Waals surface area contributed by atoms with Crippen LogP contribution in [0.15, 0.2) is 24.3 Å². The van der Waals surface area contributed by atoms with E-state index in [4.69, 9.17) is 11.5 Å². The first-order valence-electron chi connectivity index (χ1n) is 12.3. The largest absolute Gasteiger partial charge is 0.508 e. The van der Waals surface area contributed by atoms with Crippen LogP contribution in [0.2, 0.25) is 0 Å². The van der Waals surface area contributed by atoms with Crippen LogP contribution in [-0.4, -0.2) is 76.0 Å². The Labute approximate surface area is 226 Å². The molecule has 0 spiro atoms. The zero-order valence-corrected chi connectivity index (χ0v) is 22.8. The second-order valence-corrected chi connectivity index (χ2v) is 10.4. The number of rotatable bonds is 17. The number of primary amides is 1. The average Bonchev–Trinajstić information content (AvgIpc) is 2.84. The maximum absolute atomic E-state index is 13.2. The Morgan fingerprint density at radius 3 is 1.97 bits per heavy atom. The number of benzene rings is 1. The highest BCUT2D eigenvalue weighted by atomic mass is 32.2. The van der Waals surface area contributed by atoms with E-state index >= 15 is 0 Å². The molecule has 0 aliphatic heterocycles. The number of phenols is 1. The summed E-state index contributed by atoms with van der Waals surface area (Å²) in [6.07, 6.45) is 2.04. The lowest BCUT2D eigenvalue weighted by Gasteiger charge is -2.26. The number of carboxylic acids is 1. The smallest absolute Gasteiger partial charge is 0.326 e. The van der Waals surface area contributed by atoms with Crippen LogP contribution in [0.4, 0.5) is 0 Å². The summed E-state index contributed by atoms with van der Waals surface area (Å²) in [6, 6.07) is 1.69. The summed E-state index contributed by atoms with van der Waals surface area (Å²) in [5, 5.41) is 26.4. The lowest BCUT2D eigenvalue weighted by Crippen LogP contribution is -2.57. The lowest BCUT2D eigenvalue weighted by atomic mass is 10.0. The van der Waals surface area contributed by atoms with Crippen molar-refractivity contribution >= 4 is 41.4 Å². The van der Waals surface area contributed by atoms with Crippen LogP contribution in [0.1, 0.15) is 45.1 Å². The zero-order chi connectivity index (χ0) is 28.8. The third kappa shape index (κ3) is 12.3. The van der Waals surface area contributed by atoms with Gasteiger partial charge < -0.3 is 37.6 Å². The third-order valence-electron chi connectivity index (χ3n) is 5.61. The molecular weight excluding hydrogens is 514 g/mol. The highest BCUT2D eigenvalue weighted by Crippen LogP contribution is 2.12. The Morgan fingerprint density at radius 1 is 0.895 bits per heavy atom. The molecule has 0 saturated carbocycles. The minimum atomic E-state index is -1.21. The molecule has 0 radical (unpaired) electrons. The molecular formula is C25H39N5O7S. The van der Waals surface area contributed by atoms with E-state index in [9.17, 15) is 34.2 Å². The number of carbonyl (C=O) groups excluding carboxylic acids is 4. The summed E-state index contributed by atoms with van der Waals surface area (Å²) in [4.78, 5) is 61.8. The van der Waals surface area contributed by atoms with Crippen molar-refractivity contribution in [1.29, 1.82) is 0 Å². The van der Waals surface area contributed by atoms with Crippen molar-refractivity contribution in [2.45, 2.75) is 70.1 Å². The maximum atomic E-state index is 13.2. The fraction of sp³-hybridized carbons (Fsp3) is 0.560. The second kappa shape index (κ2) is 16.5. The minimum Gasteiger partial charge on any atom is -0.508 e. The first-order chi connectivity index (χ1) is 17.8. The van der Waals surface area contributed by atoms with Gasteiger partial charge in [0.05, 0.1) is 6.04 Å². The van der Waals surface area contributed by atoms with Gasteiger partial charge in [-0.1, -0.05) is 26.0 Å². The summed E-state index contributed by atoms with van der Waals surface area (Å²) >= 11 is 1.44. The first kappa shape index (κ1) is 32.7. The number of nitrogens with one attached hydrogen (secondary N) is 3. The summed E-state index contributed by atoms with van der Waals surface area (Å²) < 4.78 is 0. The van der Waals surface area contributed by atoms with Gasteiger partial charge in [0.15, 0.2) is 0 Å². The molecule has 0 bridgehead atoms. The molecule has 1 aromatic carbocycles. The van der Waals surface area contributed by atoms with E-state index in [1.54, 1.807) is 12.1 Å². The van der Waals surface area contributed by atoms with E-state index < -0.39 is 53.8 Å².